The molecule has 2 nitrogen and oxygen atoms in total. The van der Waals surface area contributed by atoms with E-state index in [0.717, 1.165) is 49.9 Å². The highest BCUT2D eigenvalue weighted by molar-refractivity contribution is 9.10. The van der Waals surface area contributed by atoms with Gasteiger partial charge in [0, 0.05) is 34.4 Å². The first-order valence-corrected chi connectivity index (χ1v) is 10.4. The van der Waals surface area contributed by atoms with Gasteiger partial charge in [0.25, 0.3) is 0 Å². The van der Waals surface area contributed by atoms with Crippen LogP contribution in [-0.4, -0.2) is 5.78 Å². The van der Waals surface area contributed by atoms with E-state index >= 15 is 0 Å². The number of allylic oxidation sites excluding steroid dienone is 2. The zero-order valence-corrected chi connectivity index (χ0v) is 17.5. The molecule has 3 aromatic carbocycles. The quantitative estimate of drug-likeness (QED) is 0.423. The predicted octanol–water partition coefficient (Wildman–Crippen LogP) is 6.77. The fraction of sp³-hybridized carbons (Fsp3) is 0.240. The highest BCUT2D eigenvalue weighted by Gasteiger charge is 2.42. The van der Waals surface area contributed by atoms with E-state index in [1.807, 2.05) is 18.2 Å². The Bertz CT molecular complexity index is 1160. The molecule has 0 fully saturated rings. The highest BCUT2D eigenvalue weighted by atomic mass is 79.9. The van der Waals surface area contributed by atoms with Crippen molar-refractivity contribution < 1.29 is 9.53 Å². The van der Waals surface area contributed by atoms with E-state index in [0.29, 0.717) is 6.42 Å². The molecule has 0 radical (unpaired) electrons. The minimum Gasteiger partial charge on any atom is -0.461 e. The Morgan fingerprint density at radius 2 is 1.82 bits per heavy atom. The van der Waals surface area contributed by atoms with Gasteiger partial charge in [-0.3, -0.25) is 4.79 Å². The van der Waals surface area contributed by atoms with Crippen molar-refractivity contribution in [2.24, 2.45) is 5.41 Å². The van der Waals surface area contributed by atoms with Crippen molar-refractivity contribution in [3.05, 3.63) is 87.6 Å². The van der Waals surface area contributed by atoms with Crippen molar-refractivity contribution >= 4 is 32.5 Å². The molecule has 0 amide bonds. The van der Waals surface area contributed by atoms with E-state index < -0.39 is 0 Å². The maximum atomic E-state index is 13.3. The molecule has 1 aliphatic heterocycles. The SMILES string of the molecule is CC1(C)CC(=O)C2=C(C1)Oc1ccc3ccccc3c1C2c1cccc(Br)c1. The molecule has 3 aromatic rings. The number of halogens is 1. The molecule has 1 atom stereocenters. The van der Waals surface area contributed by atoms with Crippen LogP contribution in [0.4, 0.5) is 0 Å². The van der Waals surface area contributed by atoms with E-state index in [2.05, 4.69) is 72.2 Å². The number of ether oxygens (including phenoxy) is 1. The van der Waals surface area contributed by atoms with Crippen LogP contribution < -0.4 is 4.74 Å². The Morgan fingerprint density at radius 1 is 1.00 bits per heavy atom. The molecule has 140 valence electrons. The number of fused-ring (bicyclic) bond motifs is 3. The fourth-order valence-electron chi connectivity index (χ4n) is 4.65. The predicted molar refractivity (Wildman–Crippen MR) is 116 cm³/mol. The molecule has 28 heavy (non-hydrogen) atoms. The Labute approximate surface area is 173 Å². The summed E-state index contributed by atoms with van der Waals surface area (Å²) in [7, 11) is 0. The lowest BCUT2D eigenvalue weighted by Crippen LogP contribution is -2.33. The van der Waals surface area contributed by atoms with Crippen LogP contribution in [0.2, 0.25) is 0 Å². The van der Waals surface area contributed by atoms with Crippen LogP contribution in [0.25, 0.3) is 10.8 Å². The molecule has 1 unspecified atom stereocenters. The largest absolute Gasteiger partial charge is 0.461 e. The standard InChI is InChI=1S/C25H21BrO2/c1-25(2)13-19(27)24-21(14-25)28-20-11-10-15-6-3-4-9-18(15)23(20)22(24)16-7-5-8-17(26)12-16/h3-12,22H,13-14H2,1-2H3. The van der Waals surface area contributed by atoms with Gasteiger partial charge in [0.05, 0.1) is 0 Å². The van der Waals surface area contributed by atoms with Crippen LogP contribution in [0, 0.1) is 5.41 Å². The summed E-state index contributed by atoms with van der Waals surface area (Å²) in [6.07, 6.45) is 1.34. The zero-order chi connectivity index (χ0) is 19.5. The average molecular weight is 433 g/mol. The van der Waals surface area contributed by atoms with Gasteiger partial charge in [-0.25, -0.2) is 0 Å². The molecular weight excluding hydrogens is 412 g/mol. The number of Topliss-reactive ketones (excluding diaryl/α,β-unsaturated/α-hetero) is 1. The number of benzene rings is 3. The topological polar surface area (TPSA) is 26.3 Å². The summed E-state index contributed by atoms with van der Waals surface area (Å²) >= 11 is 3.61. The Hall–Kier alpha value is -2.39. The van der Waals surface area contributed by atoms with Crippen LogP contribution >= 0.6 is 15.9 Å². The maximum Gasteiger partial charge on any atom is 0.163 e. The lowest BCUT2D eigenvalue weighted by Gasteiger charge is -2.38. The normalized spacial score (nSPS) is 20.5. The van der Waals surface area contributed by atoms with Gasteiger partial charge < -0.3 is 4.74 Å². The van der Waals surface area contributed by atoms with E-state index in [4.69, 9.17) is 4.74 Å². The summed E-state index contributed by atoms with van der Waals surface area (Å²) in [5, 5.41) is 2.31. The summed E-state index contributed by atoms with van der Waals surface area (Å²) in [5.41, 5.74) is 2.98. The first-order valence-electron chi connectivity index (χ1n) is 9.64. The van der Waals surface area contributed by atoms with Gasteiger partial charge in [0.2, 0.25) is 0 Å². The Morgan fingerprint density at radius 3 is 2.64 bits per heavy atom. The van der Waals surface area contributed by atoms with Gasteiger partial charge in [-0.15, -0.1) is 0 Å². The first kappa shape index (κ1) is 17.7. The second kappa shape index (κ2) is 6.31. The second-order valence-corrected chi connectivity index (χ2v) is 9.48. The summed E-state index contributed by atoms with van der Waals surface area (Å²) in [6, 6.07) is 20.8. The van der Waals surface area contributed by atoms with Crippen molar-refractivity contribution in [3.8, 4) is 5.75 Å². The van der Waals surface area contributed by atoms with Gasteiger partial charge in [0.15, 0.2) is 5.78 Å². The fourth-order valence-corrected chi connectivity index (χ4v) is 5.07. The first-order chi connectivity index (χ1) is 13.4. The number of rotatable bonds is 1. The van der Waals surface area contributed by atoms with Crippen molar-refractivity contribution in [3.63, 3.8) is 0 Å². The number of hydrogen-bond acceptors (Lipinski definition) is 2. The summed E-state index contributed by atoms with van der Waals surface area (Å²) in [4.78, 5) is 13.3. The van der Waals surface area contributed by atoms with Gasteiger partial charge in [-0.2, -0.15) is 0 Å². The monoisotopic (exact) mass is 432 g/mol. The third kappa shape index (κ3) is 2.80. The minimum atomic E-state index is -0.106. The molecule has 1 heterocycles. The number of carbonyl (C=O) groups excluding carboxylic acids is 1. The molecule has 0 saturated carbocycles. The van der Waals surface area contributed by atoms with Gasteiger partial charge >= 0.3 is 0 Å². The van der Waals surface area contributed by atoms with E-state index in [9.17, 15) is 4.79 Å². The van der Waals surface area contributed by atoms with Crippen LogP contribution in [-0.2, 0) is 4.79 Å². The molecule has 2 aliphatic rings. The lowest BCUT2D eigenvalue weighted by atomic mass is 9.69. The third-order valence-corrected chi connectivity index (χ3v) is 6.30. The van der Waals surface area contributed by atoms with E-state index in [1.54, 1.807) is 0 Å². The smallest absolute Gasteiger partial charge is 0.163 e. The summed E-state index contributed by atoms with van der Waals surface area (Å²) in [6.45, 7) is 4.28. The molecule has 3 heteroatoms. The number of hydrogen-bond donors (Lipinski definition) is 0. The van der Waals surface area contributed by atoms with Crippen LogP contribution in [0.5, 0.6) is 5.75 Å². The molecule has 0 N–H and O–H groups in total. The van der Waals surface area contributed by atoms with Gasteiger partial charge in [0.1, 0.15) is 11.5 Å². The average Bonchev–Trinajstić information content (AvgIpc) is 2.65. The Balaban J connectivity index is 1.83. The van der Waals surface area contributed by atoms with Gasteiger partial charge in [-0.1, -0.05) is 72.2 Å². The van der Waals surface area contributed by atoms with Gasteiger partial charge in [-0.05, 0) is 39.9 Å². The molecular formula is C25H21BrO2. The van der Waals surface area contributed by atoms with Crippen molar-refractivity contribution in [1.29, 1.82) is 0 Å². The molecule has 5 rings (SSSR count). The zero-order valence-electron chi connectivity index (χ0n) is 16.0. The van der Waals surface area contributed by atoms with Crippen LogP contribution in [0.3, 0.4) is 0 Å². The third-order valence-electron chi connectivity index (χ3n) is 5.80. The van der Waals surface area contributed by atoms with E-state index in [-0.39, 0.29) is 17.1 Å². The lowest BCUT2D eigenvalue weighted by molar-refractivity contribution is -0.118. The minimum absolute atomic E-state index is 0.0773. The summed E-state index contributed by atoms with van der Waals surface area (Å²) < 4.78 is 7.40. The van der Waals surface area contributed by atoms with Crippen molar-refractivity contribution in [1.82, 2.24) is 0 Å². The maximum absolute atomic E-state index is 13.3. The van der Waals surface area contributed by atoms with Crippen LogP contribution in [0.1, 0.15) is 43.7 Å². The molecule has 1 aliphatic carbocycles. The van der Waals surface area contributed by atoms with Crippen LogP contribution in [0.15, 0.2) is 76.5 Å². The van der Waals surface area contributed by atoms with Crippen molar-refractivity contribution in [2.45, 2.75) is 32.6 Å². The number of carbonyl (C=O) groups is 1. The molecule has 0 saturated heterocycles. The summed E-state index contributed by atoms with van der Waals surface area (Å²) in [5.74, 6) is 1.81. The number of ketones is 1. The Kier molecular flexibility index (Phi) is 3.99. The second-order valence-electron chi connectivity index (χ2n) is 8.57. The van der Waals surface area contributed by atoms with Crippen molar-refractivity contribution in [2.75, 3.05) is 0 Å². The molecule has 0 spiro atoms. The molecule has 0 aromatic heterocycles. The van der Waals surface area contributed by atoms with E-state index in [1.165, 1.54) is 0 Å². The molecule has 0 bridgehead atoms. The highest BCUT2D eigenvalue weighted by Crippen LogP contribution is 2.52.